The standard InChI is InChI=1S/C20H20ClF2N5O/c1-3-11(2)25-20(29)26-18-17(12-4-6-13(21)7-5-12)27-28(19(18)24)16-10-14(22)8-9-15(16)23/h4-11H,3,24H2,1-2H3,(H2,25,26,29)/t11-/m0/s1. The molecule has 1 heterocycles. The molecular formula is C20H20ClF2N5O. The summed E-state index contributed by atoms with van der Waals surface area (Å²) >= 11 is 5.95. The van der Waals surface area contributed by atoms with Crippen molar-refractivity contribution in [1.82, 2.24) is 15.1 Å². The van der Waals surface area contributed by atoms with Crippen LogP contribution in [0.1, 0.15) is 20.3 Å². The summed E-state index contributed by atoms with van der Waals surface area (Å²) in [4.78, 5) is 12.4. The highest BCUT2D eigenvalue weighted by Gasteiger charge is 2.22. The van der Waals surface area contributed by atoms with E-state index in [9.17, 15) is 13.6 Å². The van der Waals surface area contributed by atoms with Gasteiger partial charge in [-0.15, -0.1) is 0 Å². The van der Waals surface area contributed by atoms with Crippen molar-refractivity contribution < 1.29 is 13.6 Å². The largest absolute Gasteiger partial charge is 0.382 e. The van der Waals surface area contributed by atoms with E-state index in [0.717, 1.165) is 29.3 Å². The summed E-state index contributed by atoms with van der Waals surface area (Å²) in [7, 11) is 0. The van der Waals surface area contributed by atoms with Gasteiger partial charge < -0.3 is 16.4 Å². The topological polar surface area (TPSA) is 85.0 Å². The lowest BCUT2D eigenvalue weighted by Gasteiger charge is -2.13. The molecule has 1 aromatic heterocycles. The number of aromatic nitrogens is 2. The normalized spacial score (nSPS) is 11.9. The van der Waals surface area contributed by atoms with Crippen LogP contribution in [-0.2, 0) is 0 Å². The van der Waals surface area contributed by atoms with E-state index in [1.165, 1.54) is 0 Å². The average Bonchev–Trinajstić information content (AvgIpc) is 3.00. The van der Waals surface area contributed by atoms with Crippen molar-refractivity contribution in [1.29, 1.82) is 0 Å². The summed E-state index contributed by atoms with van der Waals surface area (Å²) < 4.78 is 29.1. The molecule has 1 atom stereocenters. The van der Waals surface area contributed by atoms with Crippen LogP contribution in [0.5, 0.6) is 0 Å². The second-order valence-corrected chi connectivity index (χ2v) is 6.97. The van der Waals surface area contributed by atoms with Crippen LogP contribution in [-0.4, -0.2) is 21.9 Å². The summed E-state index contributed by atoms with van der Waals surface area (Å²) in [5.41, 5.74) is 7.07. The van der Waals surface area contributed by atoms with E-state index in [0.29, 0.717) is 16.3 Å². The fourth-order valence-corrected chi connectivity index (χ4v) is 2.80. The van der Waals surface area contributed by atoms with Crippen LogP contribution < -0.4 is 16.4 Å². The third-order valence-corrected chi connectivity index (χ3v) is 4.66. The number of halogens is 3. The van der Waals surface area contributed by atoms with Gasteiger partial charge in [0, 0.05) is 22.7 Å². The maximum Gasteiger partial charge on any atom is 0.319 e. The number of carbonyl (C=O) groups is 1. The molecule has 4 N–H and O–H groups in total. The number of nitrogens with one attached hydrogen (secondary N) is 2. The van der Waals surface area contributed by atoms with Gasteiger partial charge in [-0.2, -0.15) is 5.10 Å². The van der Waals surface area contributed by atoms with Gasteiger partial charge >= 0.3 is 6.03 Å². The number of hydrogen-bond donors (Lipinski definition) is 3. The molecule has 0 radical (unpaired) electrons. The van der Waals surface area contributed by atoms with Crippen molar-refractivity contribution in [3.63, 3.8) is 0 Å². The number of nitrogen functional groups attached to an aromatic ring is 1. The molecule has 2 aromatic carbocycles. The zero-order valence-corrected chi connectivity index (χ0v) is 16.6. The smallest absolute Gasteiger partial charge is 0.319 e. The molecule has 3 aromatic rings. The summed E-state index contributed by atoms with van der Waals surface area (Å²) in [6.07, 6.45) is 0.737. The van der Waals surface area contributed by atoms with E-state index in [4.69, 9.17) is 17.3 Å². The maximum absolute atomic E-state index is 14.3. The number of hydrogen-bond acceptors (Lipinski definition) is 3. The molecule has 0 aliphatic carbocycles. The first-order chi connectivity index (χ1) is 13.8. The molecule has 0 aliphatic heterocycles. The first-order valence-electron chi connectivity index (χ1n) is 8.97. The number of carbonyl (C=O) groups excluding carboxylic acids is 1. The van der Waals surface area contributed by atoms with Crippen molar-refractivity contribution in [3.05, 3.63) is 59.1 Å². The van der Waals surface area contributed by atoms with Crippen molar-refractivity contribution in [2.45, 2.75) is 26.3 Å². The molecule has 0 saturated heterocycles. The molecule has 0 fully saturated rings. The van der Waals surface area contributed by atoms with E-state index in [1.54, 1.807) is 24.3 Å². The van der Waals surface area contributed by atoms with Crippen molar-refractivity contribution in [3.8, 4) is 16.9 Å². The van der Waals surface area contributed by atoms with Gasteiger partial charge in [-0.3, -0.25) is 0 Å². The number of benzene rings is 2. The van der Waals surface area contributed by atoms with Gasteiger partial charge in [0.05, 0.1) is 0 Å². The maximum atomic E-state index is 14.3. The SMILES string of the molecule is CC[C@H](C)NC(=O)Nc1c(-c2ccc(Cl)cc2)nn(-c2cc(F)ccc2F)c1N. The fourth-order valence-electron chi connectivity index (χ4n) is 2.67. The molecule has 3 rings (SSSR count). The molecule has 0 aliphatic rings. The Hall–Kier alpha value is -3.13. The molecule has 2 amide bonds. The first kappa shape index (κ1) is 20.6. The third kappa shape index (κ3) is 4.48. The minimum absolute atomic E-state index is 0.0428. The lowest BCUT2D eigenvalue weighted by atomic mass is 10.1. The lowest BCUT2D eigenvalue weighted by molar-refractivity contribution is 0.249. The average molecular weight is 420 g/mol. The van der Waals surface area contributed by atoms with Gasteiger partial charge in [0.15, 0.2) is 5.82 Å². The van der Waals surface area contributed by atoms with Crippen molar-refractivity contribution in [2.75, 3.05) is 11.1 Å². The van der Waals surface area contributed by atoms with E-state index >= 15 is 0 Å². The highest BCUT2D eigenvalue weighted by Crippen LogP contribution is 2.35. The third-order valence-electron chi connectivity index (χ3n) is 4.40. The van der Waals surface area contributed by atoms with Crippen LogP contribution in [0.4, 0.5) is 25.1 Å². The molecule has 6 nitrogen and oxygen atoms in total. The Labute approximate surface area is 171 Å². The predicted molar refractivity (Wildman–Crippen MR) is 110 cm³/mol. The van der Waals surface area contributed by atoms with Crippen LogP contribution in [0.15, 0.2) is 42.5 Å². The van der Waals surface area contributed by atoms with Gasteiger partial charge in [-0.1, -0.05) is 30.7 Å². The Balaban J connectivity index is 2.11. The highest BCUT2D eigenvalue weighted by atomic mass is 35.5. The second-order valence-electron chi connectivity index (χ2n) is 6.53. The molecular weight excluding hydrogens is 400 g/mol. The van der Waals surface area contributed by atoms with Gasteiger partial charge in [-0.25, -0.2) is 18.3 Å². The van der Waals surface area contributed by atoms with Crippen molar-refractivity contribution >= 4 is 29.1 Å². The van der Waals surface area contributed by atoms with E-state index in [-0.39, 0.29) is 23.2 Å². The summed E-state index contributed by atoms with van der Waals surface area (Å²) in [6.45, 7) is 3.79. The Morgan fingerprint density at radius 2 is 1.93 bits per heavy atom. The number of amides is 2. The number of rotatable bonds is 5. The molecule has 0 unspecified atom stereocenters. The first-order valence-corrected chi connectivity index (χ1v) is 9.35. The van der Waals surface area contributed by atoms with Gasteiger partial charge in [0.1, 0.15) is 28.7 Å². The molecule has 0 saturated carbocycles. The zero-order valence-electron chi connectivity index (χ0n) is 15.8. The summed E-state index contributed by atoms with van der Waals surface area (Å²) in [5.74, 6) is -1.40. The molecule has 9 heteroatoms. The Morgan fingerprint density at radius 3 is 2.59 bits per heavy atom. The van der Waals surface area contributed by atoms with E-state index < -0.39 is 17.7 Å². The van der Waals surface area contributed by atoms with E-state index in [1.807, 2.05) is 13.8 Å². The molecule has 0 spiro atoms. The molecule has 0 bridgehead atoms. The number of nitrogens with zero attached hydrogens (tertiary/aromatic N) is 2. The summed E-state index contributed by atoms with van der Waals surface area (Å²) in [6, 6.07) is 9.09. The van der Waals surface area contributed by atoms with Crippen LogP contribution in [0, 0.1) is 11.6 Å². The molecule has 152 valence electrons. The van der Waals surface area contributed by atoms with Gasteiger partial charge in [0.25, 0.3) is 0 Å². The Bertz CT molecular complexity index is 1040. The van der Waals surface area contributed by atoms with Crippen LogP contribution in [0.2, 0.25) is 5.02 Å². The summed E-state index contributed by atoms with van der Waals surface area (Å²) in [5, 5.41) is 10.3. The molecule has 29 heavy (non-hydrogen) atoms. The lowest BCUT2D eigenvalue weighted by Crippen LogP contribution is -2.35. The van der Waals surface area contributed by atoms with Crippen LogP contribution >= 0.6 is 11.6 Å². The second kappa shape index (κ2) is 8.48. The quantitative estimate of drug-likeness (QED) is 0.545. The van der Waals surface area contributed by atoms with Gasteiger partial charge in [0.2, 0.25) is 0 Å². The highest BCUT2D eigenvalue weighted by molar-refractivity contribution is 6.30. The van der Waals surface area contributed by atoms with Crippen LogP contribution in [0.3, 0.4) is 0 Å². The van der Waals surface area contributed by atoms with Crippen molar-refractivity contribution in [2.24, 2.45) is 0 Å². The number of anilines is 2. The number of urea groups is 1. The predicted octanol–water partition coefficient (Wildman–Crippen LogP) is 4.97. The minimum Gasteiger partial charge on any atom is -0.382 e. The van der Waals surface area contributed by atoms with Gasteiger partial charge in [-0.05, 0) is 37.6 Å². The zero-order chi connectivity index (χ0) is 21.1. The fraction of sp³-hybridized carbons (Fsp3) is 0.200. The minimum atomic E-state index is -0.709. The Morgan fingerprint density at radius 1 is 1.24 bits per heavy atom. The van der Waals surface area contributed by atoms with E-state index in [2.05, 4.69) is 15.7 Å². The van der Waals surface area contributed by atoms with Crippen LogP contribution in [0.25, 0.3) is 16.9 Å². The monoisotopic (exact) mass is 419 g/mol. The number of nitrogens with two attached hydrogens (primary N) is 1. The Kier molecular flexibility index (Phi) is 6.03.